The van der Waals surface area contributed by atoms with Gasteiger partial charge in [0.15, 0.2) is 0 Å². The summed E-state index contributed by atoms with van der Waals surface area (Å²) >= 11 is 0. The van der Waals surface area contributed by atoms with E-state index < -0.39 is 5.97 Å². The van der Waals surface area contributed by atoms with Crippen molar-refractivity contribution in [2.45, 2.75) is 124 Å². The number of carboxylic acid groups (broad SMARTS) is 1. The molecule has 0 saturated heterocycles. The van der Waals surface area contributed by atoms with Crippen molar-refractivity contribution >= 4 is 70.2 Å². The van der Waals surface area contributed by atoms with Crippen LogP contribution in [0.25, 0.3) is 80.8 Å². The fourth-order valence-corrected chi connectivity index (χ4v) is 10.5. The summed E-state index contributed by atoms with van der Waals surface area (Å²) < 4.78 is 6.50. The molecule has 0 fully saturated rings. The van der Waals surface area contributed by atoms with Gasteiger partial charge in [-0.05, 0) is 176 Å². The first kappa shape index (κ1) is 56.6. The van der Waals surface area contributed by atoms with Crippen molar-refractivity contribution in [2.24, 2.45) is 0 Å². The highest BCUT2D eigenvalue weighted by Crippen LogP contribution is 2.41. The molecule has 7 aromatic rings. The summed E-state index contributed by atoms with van der Waals surface area (Å²) in [7, 11) is 4.10. The number of benzene rings is 4. The van der Waals surface area contributed by atoms with Crippen LogP contribution in [0.2, 0.25) is 0 Å². The molecule has 3 aliphatic heterocycles. The number of nitrogens with one attached hydrogen (secondary N) is 2. The van der Waals surface area contributed by atoms with Gasteiger partial charge in [-0.2, -0.15) is 0 Å². The molecule has 6 heterocycles. The zero-order chi connectivity index (χ0) is 58.6. The largest absolute Gasteiger partial charge is 0.490 e. The SMILES string of the molecule is CC1C/C(=C/c2c3nc(c(-c4cc(C(C)(C)C)cc(C(C)(C)C)c4)c4ccc([nH]4)c(C#Cc4ccc(C(=O)O)cc4)c4nc(c(-c5cc(C(C)(C)C)cc(C(C)(C)C)c5)c5ccc2[nH]5)C=C4)C=C3)C=C(/C=C\c2ccc(N(C)C)cc2)O1. The average molecular weight is 1080 g/mol. The number of ether oxygens (including phenoxy) is 1. The van der Waals surface area contributed by atoms with Crippen molar-refractivity contribution in [3.63, 3.8) is 0 Å². The Kier molecular flexibility index (Phi) is 15.0. The standard InChI is InChI=1S/C74H77N5O3/c1-45-36-48(37-57(82-45)26-20-47-18-24-56(25-19-47)79(14)15)38-59-62-30-34-66(77-62)68(50-39-52(71(2,3)4)43-53(40-50)72(5,6)7)64-32-28-60(75-64)58(27-21-46-16-22-49(23-17-46)70(80)81)61-29-33-65(76-61)69(67-35-31-63(59)78-67)51-41-54(73(8,9)10)44-55(42-51)74(11,12)13/h16-20,22-26,28-35,37-45,75,78H,36H2,1-15H3,(H,80,81)/b26-20-,48-38-,60-58?,61-58?,62-59?,63-59?,68-64?,68-66?,69-65?,69-67?. The number of rotatable bonds is 7. The number of aromatic carboxylic acids is 1. The molecule has 0 saturated carbocycles. The predicted molar refractivity (Wildman–Crippen MR) is 345 cm³/mol. The minimum absolute atomic E-state index is 0.0659. The van der Waals surface area contributed by atoms with Gasteiger partial charge < -0.3 is 24.7 Å². The molecule has 0 amide bonds. The third kappa shape index (κ3) is 12.3. The smallest absolute Gasteiger partial charge is 0.335 e. The van der Waals surface area contributed by atoms with Gasteiger partial charge in [-0.25, -0.2) is 14.8 Å². The first-order chi connectivity index (χ1) is 38.6. The van der Waals surface area contributed by atoms with Crippen LogP contribution in [0.5, 0.6) is 0 Å². The third-order valence-corrected chi connectivity index (χ3v) is 15.5. The number of H-pyrrole nitrogens is 2. The fourth-order valence-electron chi connectivity index (χ4n) is 10.5. The van der Waals surface area contributed by atoms with E-state index in [0.29, 0.717) is 23.2 Å². The summed E-state index contributed by atoms with van der Waals surface area (Å²) in [4.78, 5) is 33.1. The van der Waals surface area contributed by atoms with Gasteiger partial charge in [-0.1, -0.05) is 150 Å². The molecule has 8 heteroatoms. The highest BCUT2D eigenvalue weighted by Gasteiger charge is 2.26. The topological polar surface area (TPSA) is 107 Å². The van der Waals surface area contributed by atoms with Crippen molar-refractivity contribution in [3.8, 4) is 34.1 Å². The number of aromatic amines is 2. The van der Waals surface area contributed by atoms with Gasteiger partial charge in [0.25, 0.3) is 0 Å². The second-order valence-electron chi connectivity index (χ2n) is 26.5. The van der Waals surface area contributed by atoms with Gasteiger partial charge in [0, 0.05) is 65.0 Å². The quantitative estimate of drug-likeness (QED) is 0.137. The van der Waals surface area contributed by atoms with E-state index in [-0.39, 0.29) is 33.3 Å². The average Bonchev–Trinajstić information content (AvgIpc) is 4.43. The highest BCUT2D eigenvalue weighted by molar-refractivity contribution is 5.97. The van der Waals surface area contributed by atoms with E-state index >= 15 is 0 Å². The lowest BCUT2D eigenvalue weighted by Gasteiger charge is -2.26. The number of allylic oxidation sites excluding steroid dienone is 2. The highest BCUT2D eigenvalue weighted by atomic mass is 16.5. The summed E-state index contributed by atoms with van der Waals surface area (Å²) in [5.41, 5.74) is 20.9. The summed E-state index contributed by atoms with van der Waals surface area (Å²) in [5, 5.41) is 9.71. The first-order valence-corrected chi connectivity index (χ1v) is 28.5. The van der Waals surface area contributed by atoms with Crippen molar-refractivity contribution < 1.29 is 14.6 Å². The molecule has 3 aromatic heterocycles. The number of carboxylic acids is 1. The van der Waals surface area contributed by atoms with Gasteiger partial charge in [-0.3, -0.25) is 0 Å². The minimum Gasteiger partial charge on any atom is -0.490 e. The van der Waals surface area contributed by atoms with Crippen molar-refractivity contribution in [1.29, 1.82) is 0 Å². The molecule has 3 N–H and O–H groups in total. The number of fused-ring (bicyclic) bond motifs is 8. The van der Waals surface area contributed by atoms with E-state index in [1.807, 2.05) is 0 Å². The Balaban J connectivity index is 1.32. The second kappa shape index (κ2) is 21.7. The number of hydrogen-bond donors (Lipinski definition) is 3. The fraction of sp³-hybridized carbons (Fsp3) is 0.284. The molecule has 10 rings (SSSR count). The number of hydrogen-bond acceptors (Lipinski definition) is 5. The molecule has 4 aromatic carbocycles. The number of anilines is 1. The molecule has 0 radical (unpaired) electrons. The van der Waals surface area contributed by atoms with Gasteiger partial charge in [0.1, 0.15) is 5.76 Å². The number of nitrogens with zero attached hydrogens (tertiary/aromatic N) is 3. The van der Waals surface area contributed by atoms with E-state index in [2.05, 4.69) is 264 Å². The third-order valence-electron chi connectivity index (χ3n) is 15.5. The van der Waals surface area contributed by atoms with Crippen LogP contribution in [0.15, 0.2) is 133 Å². The van der Waals surface area contributed by atoms with Crippen LogP contribution in [0.4, 0.5) is 5.69 Å². The molecule has 0 aliphatic carbocycles. The molecule has 0 spiro atoms. The Morgan fingerprint density at radius 1 is 0.585 bits per heavy atom. The molecule has 8 nitrogen and oxygen atoms in total. The minimum atomic E-state index is -0.985. The summed E-state index contributed by atoms with van der Waals surface area (Å²) in [6, 6.07) is 37.8. The number of carbonyl (C=O) groups is 1. The van der Waals surface area contributed by atoms with Crippen molar-refractivity contribution in [2.75, 3.05) is 19.0 Å². The zero-order valence-corrected chi connectivity index (χ0v) is 50.4. The molecule has 416 valence electrons. The zero-order valence-electron chi connectivity index (χ0n) is 50.4. The maximum absolute atomic E-state index is 11.9. The van der Waals surface area contributed by atoms with Crippen LogP contribution < -0.4 is 4.90 Å². The first-order valence-electron chi connectivity index (χ1n) is 28.5. The summed E-state index contributed by atoms with van der Waals surface area (Å²) in [5.74, 6) is 6.72. The maximum atomic E-state index is 11.9. The van der Waals surface area contributed by atoms with E-state index in [4.69, 9.17) is 14.7 Å². The van der Waals surface area contributed by atoms with Crippen LogP contribution in [0.1, 0.15) is 174 Å². The Morgan fingerprint density at radius 2 is 1.06 bits per heavy atom. The van der Waals surface area contributed by atoms with Crippen molar-refractivity contribution in [1.82, 2.24) is 19.9 Å². The molecule has 1 unspecified atom stereocenters. The van der Waals surface area contributed by atoms with Crippen LogP contribution in [0.3, 0.4) is 0 Å². The monoisotopic (exact) mass is 1080 g/mol. The Morgan fingerprint density at radius 3 is 1.57 bits per heavy atom. The van der Waals surface area contributed by atoms with E-state index in [9.17, 15) is 9.90 Å². The van der Waals surface area contributed by atoms with Crippen molar-refractivity contribution in [3.05, 3.63) is 206 Å². The molecular formula is C74H77N5O3. The normalized spacial score (nSPS) is 15.1. The molecular weight excluding hydrogens is 1010 g/mol. The number of aromatic nitrogens is 4. The lowest BCUT2D eigenvalue weighted by atomic mass is 9.78. The van der Waals surface area contributed by atoms with Gasteiger partial charge in [-0.15, -0.1) is 0 Å². The van der Waals surface area contributed by atoms with Gasteiger partial charge >= 0.3 is 5.97 Å². The van der Waals surface area contributed by atoms with E-state index in [1.165, 1.54) is 22.3 Å². The van der Waals surface area contributed by atoms with Crippen LogP contribution >= 0.6 is 0 Å². The molecule has 1 atom stereocenters. The lowest BCUT2D eigenvalue weighted by molar-refractivity contribution is 0.0696. The van der Waals surface area contributed by atoms with E-state index in [1.54, 1.807) is 24.3 Å². The van der Waals surface area contributed by atoms with E-state index in [0.717, 1.165) is 89.5 Å². The van der Waals surface area contributed by atoms with Gasteiger partial charge in [0.05, 0.1) is 45.5 Å². The second-order valence-corrected chi connectivity index (χ2v) is 26.5. The molecule has 8 bridgehead atoms. The Labute approximate surface area is 485 Å². The Bertz CT molecular complexity index is 3940. The summed E-state index contributed by atoms with van der Waals surface area (Å²) in [6.45, 7) is 29.4. The Hall–Kier alpha value is -8.67. The van der Waals surface area contributed by atoms with Crippen LogP contribution in [-0.2, 0) is 26.4 Å². The van der Waals surface area contributed by atoms with Gasteiger partial charge in [0.2, 0.25) is 0 Å². The predicted octanol–water partition coefficient (Wildman–Crippen LogP) is 18.1. The van der Waals surface area contributed by atoms with Crippen LogP contribution in [0, 0.1) is 11.8 Å². The maximum Gasteiger partial charge on any atom is 0.335 e. The summed E-state index contributed by atoms with van der Waals surface area (Å²) in [6.07, 6.45) is 17.8. The molecule has 3 aliphatic rings. The lowest BCUT2D eigenvalue weighted by Crippen LogP contribution is -2.16. The molecule has 82 heavy (non-hydrogen) atoms. The van der Waals surface area contributed by atoms with Crippen LogP contribution in [-0.4, -0.2) is 51.2 Å².